The minimum atomic E-state index is -0.533. The van der Waals surface area contributed by atoms with Crippen molar-refractivity contribution in [1.29, 1.82) is 0 Å². The largest absolute Gasteiger partial charge is 0.464 e. The zero-order chi connectivity index (χ0) is 25.5. The van der Waals surface area contributed by atoms with E-state index in [2.05, 4.69) is 27.8 Å². The van der Waals surface area contributed by atoms with Crippen LogP contribution in [0.2, 0.25) is 0 Å². The summed E-state index contributed by atoms with van der Waals surface area (Å²) >= 11 is 0. The second kappa shape index (κ2) is 12.0. The number of ether oxygens (including phenoxy) is 2. The minimum absolute atomic E-state index is 0.0240. The van der Waals surface area contributed by atoms with Crippen LogP contribution in [0.5, 0.6) is 0 Å². The average molecular weight is 495 g/mol. The van der Waals surface area contributed by atoms with E-state index in [0.29, 0.717) is 49.3 Å². The molecule has 4 rings (SSSR count). The van der Waals surface area contributed by atoms with Gasteiger partial charge in [0.05, 0.1) is 37.2 Å². The Morgan fingerprint density at radius 2 is 2.11 bits per heavy atom. The van der Waals surface area contributed by atoms with Gasteiger partial charge < -0.3 is 29.8 Å². The molecule has 0 aliphatic carbocycles. The summed E-state index contributed by atoms with van der Waals surface area (Å²) < 4.78 is 12.4. The monoisotopic (exact) mass is 494 g/mol. The number of anilines is 2. The van der Waals surface area contributed by atoms with Crippen LogP contribution in [-0.2, 0) is 27.2 Å². The third-order valence-corrected chi connectivity index (χ3v) is 6.49. The van der Waals surface area contributed by atoms with Gasteiger partial charge in [0.15, 0.2) is 5.69 Å². The highest BCUT2D eigenvalue weighted by molar-refractivity contribution is 6.11. The molecule has 1 fully saturated rings. The molecule has 9 nitrogen and oxygen atoms in total. The van der Waals surface area contributed by atoms with Gasteiger partial charge in [0, 0.05) is 31.2 Å². The van der Waals surface area contributed by atoms with E-state index in [-0.39, 0.29) is 30.2 Å². The minimum Gasteiger partial charge on any atom is -0.464 e. The first kappa shape index (κ1) is 25.7. The lowest BCUT2D eigenvalue weighted by atomic mass is 10.1. The van der Waals surface area contributed by atoms with E-state index in [1.165, 1.54) is 12.7 Å². The summed E-state index contributed by atoms with van der Waals surface area (Å²) in [4.78, 5) is 30.8. The Hall–Kier alpha value is -3.43. The number of carbonyl (C=O) groups is 2. The average Bonchev–Trinajstić information content (AvgIpc) is 3.52. The van der Waals surface area contributed by atoms with Crippen LogP contribution in [0.3, 0.4) is 0 Å². The molecule has 2 aromatic heterocycles. The van der Waals surface area contributed by atoms with Crippen molar-refractivity contribution in [2.45, 2.75) is 45.2 Å². The van der Waals surface area contributed by atoms with Gasteiger partial charge in [-0.1, -0.05) is 30.3 Å². The Morgan fingerprint density at radius 1 is 1.31 bits per heavy atom. The lowest BCUT2D eigenvalue weighted by Crippen LogP contribution is -2.24. The van der Waals surface area contributed by atoms with E-state index in [0.717, 1.165) is 18.5 Å². The number of esters is 1. The quantitative estimate of drug-likeness (QED) is 0.349. The van der Waals surface area contributed by atoms with E-state index < -0.39 is 5.97 Å². The van der Waals surface area contributed by atoms with Gasteiger partial charge in [-0.05, 0) is 44.2 Å². The second-order valence-electron chi connectivity index (χ2n) is 9.16. The number of nitrogens with zero attached hydrogens (tertiary/aromatic N) is 2. The fourth-order valence-electron chi connectivity index (χ4n) is 4.56. The lowest BCUT2D eigenvalue weighted by molar-refractivity contribution is -0.119. The summed E-state index contributed by atoms with van der Waals surface area (Å²) in [5.74, 6) is -0.993. The van der Waals surface area contributed by atoms with Crippen LogP contribution in [0.25, 0.3) is 11.0 Å². The first-order valence-electron chi connectivity index (χ1n) is 12.4. The van der Waals surface area contributed by atoms with E-state index in [9.17, 15) is 14.7 Å². The Balaban J connectivity index is 1.73. The number of aliphatic hydroxyl groups is 1. The molecule has 1 saturated heterocycles. The van der Waals surface area contributed by atoms with Crippen molar-refractivity contribution in [2.75, 3.05) is 37.6 Å². The van der Waals surface area contributed by atoms with Crippen LogP contribution in [0.1, 0.15) is 42.2 Å². The number of fused-ring (bicyclic) bond motifs is 1. The molecule has 2 unspecified atom stereocenters. The molecule has 1 aromatic carbocycles. The highest BCUT2D eigenvalue weighted by atomic mass is 16.5. The molecule has 1 amide bonds. The van der Waals surface area contributed by atoms with Gasteiger partial charge in [-0.2, -0.15) is 0 Å². The zero-order valence-corrected chi connectivity index (χ0v) is 20.8. The maximum atomic E-state index is 13.1. The fourth-order valence-corrected chi connectivity index (χ4v) is 4.56. The van der Waals surface area contributed by atoms with E-state index in [4.69, 9.17) is 9.47 Å². The third kappa shape index (κ3) is 5.85. The first-order valence-corrected chi connectivity index (χ1v) is 12.4. The Bertz CT molecular complexity index is 1190. The van der Waals surface area contributed by atoms with Crippen molar-refractivity contribution in [1.82, 2.24) is 9.55 Å². The number of aryl methyl sites for hydroxylation is 2. The fraction of sp³-hybridized carbons (Fsp3) is 0.444. The van der Waals surface area contributed by atoms with Crippen molar-refractivity contribution in [2.24, 2.45) is 5.92 Å². The number of rotatable bonds is 11. The van der Waals surface area contributed by atoms with Gasteiger partial charge in [-0.15, -0.1) is 0 Å². The van der Waals surface area contributed by atoms with Gasteiger partial charge in [0.1, 0.15) is 5.65 Å². The SMILES string of the molecule is COC(=O)c1c(NC(=O)C2CCOC2)c2cc(NC(C)CCO)cnc2n1CCCc1ccccc1. The topological polar surface area (TPSA) is 115 Å². The molecule has 1 aliphatic rings. The van der Waals surface area contributed by atoms with Gasteiger partial charge in [0.2, 0.25) is 5.91 Å². The third-order valence-electron chi connectivity index (χ3n) is 6.49. The summed E-state index contributed by atoms with van der Waals surface area (Å²) in [5.41, 5.74) is 3.23. The predicted octanol–water partition coefficient (Wildman–Crippen LogP) is 3.61. The number of amides is 1. The molecule has 9 heteroatoms. The summed E-state index contributed by atoms with van der Waals surface area (Å²) in [7, 11) is 1.34. The van der Waals surface area contributed by atoms with Crippen molar-refractivity contribution < 1.29 is 24.2 Å². The van der Waals surface area contributed by atoms with E-state index in [1.807, 2.05) is 35.8 Å². The molecule has 0 bridgehead atoms. The molecule has 192 valence electrons. The normalized spacial score (nSPS) is 16.1. The maximum Gasteiger partial charge on any atom is 0.356 e. The number of hydrogen-bond donors (Lipinski definition) is 3. The summed E-state index contributed by atoms with van der Waals surface area (Å²) in [6.07, 6.45) is 4.54. The summed E-state index contributed by atoms with van der Waals surface area (Å²) in [5, 5.41) is 16.2. The van der Waals surface area contributed by atoms with Gasteiger partial charge in [0.25, 0.3) is 0 Å². The smallest absolute Gasteiger partial charge is 0.356 e. The molecule has 3 aromatic rings. The van der Waals surface area contributed by atoms with Crippen molar-refractivity contribution in [3.8, 4) is 0 Å². The molecule has 0 saturated carbocycles. The highest BCUT2D eigenvalue weighted by Crippen LogP contribution is 2.34. The van der Waals surface area contributed by atoms with Crippen LogP contribution < -0.4 is 10.6 Å². The predicted molar refractivity (Wildman–Crippen MR) is 138 cm³/mol. The number of methoxy groups -OCH3 is 1. The lowest BCUT2D eigenvalue weighted by Gasteiger charge is -2.14. The van der Waals surface area contributed by atoms with Crippen LogP contribution in [0.15, 0.2) is 42.6 Å². The van der Waals surface area contributed by atoms with Crippen molar-refractivity contribution in [3.05, 3.63) is 53.9 Å². The van der Waals surface area contributed by atoms with Crippen molar-refractivity contribution >= 4 is 34.3 Å². The first-order chi connectivity index (χ1) is 17.5. The van der Waals surface area contributed by atoms with Gasteiger partial charge in [-0.3, -0.25) is 4.79 Å². The van der Waals surface area contributed by atoms with Gasteiger partial charge in [-0.25, -0.2) is 9.78 Å². The molecule has 0 spiro atoms. The molecule has 36 heavy (non-hydrogen) atoms. The number of benzene rings is 1. The molecule has 3 N–H and O–H groups in total. The van der Waals surface area contributed by atoms with Crippen LogP contribution in [0, 0.1) is 5.92 Å². The number of pyridine rings is 1. The zero-order valence-electron chi connectivity index (χ0n) is 20.8. The Labute approximate surface area is 210 Å². The van der Waals surface area contributed by atoms with Crippen LogP contribution in [-0.4, -0.2) is 59.5 Å². The number of nitrogens with one attached hydrogen (secondary N) is 2. The number of aliphatic hydroxyl groups excluding tert-OH is 1. The number of hydrogen-bond acceptors (Lipinski definition) is 7. The highest BCUT2D eigenvalue weighted by Gasteiger charge is 2.29. The molecular formula is C27H34N4O5. The van der Waals surface area contributed by atoms with E-state index in [1.54, 1.807) is 6.20 Å². The van der Waals surface area contributed by atoms with Crippen LogP contribution >= 0.6 is 0 Å². The Kier molecular flexibility index (Phi) is 8.56. The molecule has 2 atom stereocenters. The summed E-state index contributed by atoms with van der Waals surface area (Å²) in [6.45, 7) is 3.47. The standard InChI is InChI=1S/C27H34N4O5/c1-18(10-13-32)29-21-15-22-23(30-26(33)20-11-14-36-17-20)24(27(34)35-2)31(25(22)28-16-21)12-6-9-19-7-4-3-5-8-19/h3-5,7-8,15-16,18,20,29,32H,6,9-14,17H2,1-2H3,(H,30,33). The van der Waals surface area contributed by atoms with Gasteiger partial charge >= 0.3 is 5.97 Å². The van der Waals surface area contributed by atoms with E-state index >= 15 is 0 Å². The Morgan fingerprint density at radius 3 is 2.81 bits per heavy atom. The number of carbonyl (C=O) groups excluding carboxylic acids is 2. The van der Waals surface area contributed by atoms with Crippen LogP contribution in [0.4, 0.5) is 11.4 Å². The molecule has 3 heterocycles. The summed E-state index contributed by atoms with van der Waals surface area (Å²) in [6, 6.07) is 12.1. The maximum absolute atomic E-state index is 13.1. The second-order valence-corrected chi connectivity index (χ2v) is 9.16. The number of aromatic nitrogens is 2. The molecule has 1 aliphatic heterocycles. The molecular weight excluding hydrogens is 460 g/mol. The molecule has 0 radical (unpaired) electrons. The van der Waals surface area contributed by atoms with Crippen molar-refractivity contribution in [3.63, 3.8) is 0 Å².